The van der Waals surface area contributed by atoms with Crippen LogP contribution in [0.5, 0.6) is 0 Å². The number of β-lactam (4-membered cyclic amide) rings is 1. The number of Topliss-reactive ketones (excluding diaryl/α,β-unsaturated/α-hetero) is 2. The molecule has 2 amide bonds. The second-order valence-electron chi connectivity index (χ2n) is 6.53. The zero-order valence-electron chi connectivity index (χ0n) is 14.0. The number of carboxylic acids is 1. The van der Waals surface area contributed by atoms with Gasteiger partial charge in [-0.05, 0) is 12.8 Å². The third-order valence-corrected chi connectivity index (χ3v) is 6.53. The van der Waals surface area contributed by atoms with Gasteiger partial charge in [0.2, 0.25) is 0 Å². The summed E-state index contributed by atoms with van der Waals surface area (Å²) in [5, 5.41) is 7.51. The van der Waals surface area contributed by atoms with Crippen LogP contribution in [0.25, 0.3) is 0 Å². The van der Waals surface area contributed by atoms with Crippen LogP contribution in [0.15, 0.2) is 11.3 Å². The van der Waals surface area contributed by atoms with Crippen LogP contribution < -0.4 is 17.2 Å². The van der Waals surface area contributed by atoms with E-state index in [0.29, 0.717) is 0 Å². The molecule has 0 spiro atoms. The minimum Gasteiger partial charge on any atom is -0.477 e. The number of aliphatic carboxylic acids is 1. The molecule has 12 heteroatoms. The van der Waals surface area contributed by atoms with E-state index in [1.807, 2.05) is 0 Å². The Morgan fingerprint density at radius 2 is 2.00 bits per heavy atom. The van der Waals surface area contributed by atoms with Crippen molar-refractivity contribution in [2.75, 3.05) is 6.61 Å². The molecule has 0 saturated carbocycles. The molecule has 3 aliphatic rings. The van der Waals surface area contributed by atoms with Crippen molar-refractivity contribution in [2.24, 2.45) is 17.2 Å². The minimum absolute atomic E-state index is 0.0455. The fourth-order valence-corrected chi connectivity index (χ4v) is 5.15. The Kier molecular flexibility index (Phi) is 4.74. The molecule has 27 heavy (non-hydrogen) atoms. The van der Waals surface area contributed by atoms with Crippen LogP contribution in [0.2, 0.25) is 0 Å². The SMILES string of the molecule is NC(=O)OCC1=C(C(=O)O)N2C(=O)C3(N)C(=O)C(N)CCCC(=O)C1S[C@H]23. The lowest BCUT2D eigenvalue weighted by molar-refractivity contribution is -0.160. The second kappa shape index (κ2) is 6.62. The number of hydrogen-bond acceptors (Lipinski definition) is 9. The molecule has 0 aromatic rings. The fraction of sp³-hybridized carbons (Fsp3) is 0.533. The molecule has 11 nitrogen and oxygen atoms in total. The van der Waals surface area contributed by atoms with Crippen molar-refractivity contribution in [3.8, 4) is 0 Å². The molecule has 3 aliphatic heterocycles. The van der Waals surface area contributed by atoms with E-state index in [4.69, 9.17) is 17.2 Å². The summed E-state index contributed by atoms with van der Waals surface area (Å²) in [7, 11) is 0. The number of fused-ring (bicyclic) bond motifs is 1. The van der Waals surface area contributed by atoms with Gasteiger partial charge in [0.1, 0.15) is 23.5 Å². The van der Waals surface area contributed by atoms with Crippen molar-refractivity contribution in [3.63, 3.8) is 0 Å². The normalized spacial score (nSPS) is 33.5. The molecule has 4 atom stereocenters. The monoisotopic (exact) mass is 398 g/mol. The van der Waals surface area contributed by atoms with Gasteiger partial charge in [-0.3, -0.25) is 19.3 Å². The van der Waals surface area contributed by atoms with Gasteiger partial charge in [0, 0.05) is 12.0 Å². The van der Waals surface area contributed by atoms with E-state index >= 15 is 0 Å². The Balaban J connectivity index is 2.14. The summed E-state index contributed by atoms with van der Waals surface area (Å²) in [5.41, 5.74) is 14.2. The molecule has 146 valence electrons. The standard InChI is InChI=1S/C15H18N4O7S/c16-6-2-1-3-7(20)9-5(4-26-14(17)25)8(11(22)23)19-12(24)15(18,10(6)21)13(19)27-9/h6,9,13H,1-4,16,18H2,(H2,17,25)(H,22,23)/t6?,9?,13-,15?/m0/s1. The van der Waals surface area contributed by atoms with Crippen LogP contribution in [0.1, 0.15) is 19.3 Å². The predicted octanol–water partition coefficient (Wildman–Crippen LogP) is -1.95. The summed E-state index contributed by atoms with van der Waals surface area (Å²) in [6.07, 6.45) is -0.669. The van der Waals surface area contributed by atoms with E-state index in [0.717, 1.165) is 16.7 Å². The van der Waals surface area contributed by atoms with Crippen LogP contribution in [0.4, 0.5) is 4.79 Å². The van der Waals surface area contributed by atoms with Crippen LogP contribution in [-0.4, -0.2) is 68.4 Å². The number of amides is 2. The maximum absolute atomic E-state index is 12.7. The lowest BCUT2D eigenvalue weighted by Gasteiger charge is -2.56. The van der Waals surface area contributed by atoms with Gasteiger partial charge >= 0.3 is 12.1 Å². The lowest BCUT2D eigenvalue weighted by atomic mass is 9.78. The first-order chi connectivity index (χ1) is 12.6. The van der Waals surface area contributed by atoms with Gasteiger partial charge in [0.05, 0.1) is 11.3 Å². The highest BCUT2D eigenvalue weighted by atomic mass is 32.2. The van der Waals surface area contributed by atoms with Gasteiger partial charge in [-0.15, -0.1) is 11.8 Å². The third kappa shape index (κ3) is 2.80. The summed E-state index contributed by atoms with van der Waals surface area (Å²) in [6, 6.07) is -1.03. The Hall–Kier alpha value is -2.44. The number of rotatable bonds is 3. The van der Waals surface area contributed by atoms with Crippen molar-refractivity contribution in [1.29, 1.82) is 0 Å². The number of nitrogens with zero attached hydrogens (tertiary/aromatic N) is 1. The summed E-state index contributed by atoms with van der Waals surface area (Å²) in [6.45, 7) is -0.568. The number of nitrogens with two attached hydrogens (primary N) is 3. The van der Waals surface area contributed by atoms with Gasteiger partial charge in [-0.2, -0.15) is 0 Å². The molecule has 3 heterocycles. The molecular weight excluding hydrogens is 380 g/mol. The van der Waals surface area contributed by atoms with Crippen molar-refractivity contribution in [3.05, 3.63) is 11.3 Å². The number of thioether (sulfide) groups is 1. The number of carbonyl (C=O) groups excluding carboxylic acids is 4. The smallest absolute Gasteiger partial charge is 0.404 e. The fourth-order valence-electron chi connectivity index (χ4n) is 3.52. The zero-order valence-corrected chi connectivity index (χ0v) is 14.9. The summed E-state index contributed by atoms with van der Waals surface area (Å²) < 4.78 is 4.69. The largest absolute Gasteiger partial charge is 0.477 e. The van der Waals surface area contributed by atoms with E-state index in [-0.39, 0.29) is 30.6 Å². The maximum atomic E-state index is 12.7. The number of primary amides is 1. The molecule has 2 saturated heterocycles. The average Bonchev–Trinajstić information content (AvgIpc) is 2.62. The lowest BCUT2D eigenvalue weighted by Crippen LogP contribution is -2.83. The highest BCUT2D eigenvalue weighted by Gasteiger charge is 2.68. The first kappa shape index (κ1) is 19.3. The number of carboxylic acid groups (broad SMARTS) is 1. The zero-order chi connectivity index (χ0) is 20.1. The number of ether oxygens (including phenoxy) is 1. The third-order valence-electron chi connectivity index (χ3n) is 4.87. The van der Waals surface area contributed by atoms with Crippen LogP contribution >= 0.6 is 11.8 Å². The van der Waals surface area contributed by atoms with E-state index in [1.54, 1.807) is 0 Å². The van der Waals surface area contributed by atoms with Crippen molar-refractivity contribution >= 4 is 41.3 Å². The number of carbonyl (C=O) groups is 5. The van der Waals surface area contributed by atoms with E-state index < -0.39 is 58.3 Å². The summed E-state index contributed by atoms with van der Waals surface area (Å²) in [5.74, 6) is -3.44. The van der Waals surface area contributed by atoms with Gasteiger partial charge in [0.25, 0.3) is 5.91 Å². The van der Waals surface area contributed by atoms with Crippen molar-refractivity contribution in [2.45, 2.75) is 41.5 Å². The first-order valence-corrected chi connectivity index (χ1v) is 9.04. The van der Waals surface area contributed by atoms with Gasteiger partial charge in [-0.25, -0.2) is 9.59 Å². The van der Waals surface area contributed by atoms with Gasteiger partial charge in [-0.1, -0.05) is 0 Å². The van der Waals surface area contributed by atoms with Crippen molar-refractivity contribution < 1.29 is 33.8 Å². The van der Waals surface area contributed by atoms with E-state index in [2.05, 4.69) is 4.74 Å². The number of ketones is 2. The molecule has 2 fully saturated rings. The van der Waals surface area contributed by atoms with E-state index in [9.17, 15) is 29.1 Å². The minimum atomic E-state index is -2.00. The maximum Gasteiger partial charge on any atom is 0.404 e. The molecule has 7 N–H and O–H groups in total. The Labute approximate surface area is 157 Å². The first-order valence-electron chi connectivity index (χ1n) is 8.09. The molecule has 2 bridgehead atoms. The molecule has 3 unspecified atom stereocenters. The molecule has 0 aromatic heterocycles. The Morgan fingerprint density at radius 3 is 2.59 bits per heavy atom. The second-order valence-corrected chi connectivity index (χ2v) is 7.72. The molecule has 3 rings (SSSR count). The molecule has 0 aromatic carbocycles. The molecule has 0 aliphatic carbocycles. The van der Waals surface area contributed by atoms with E-state index in [1.165, 1.54) is 0 Å². The summed E-state index contributed by atoms with van der Waals surface area (Å²) >= 11 is 0.886. The Morgan fingerprint density at radius 1 is 1.33 bits per heavy atom. The highest BCUT2D eigenvalue weighted by molar-refractivity contribution is 8.01. The quantitative estimate of drug-likeness (QED) is 0.306. The highest BCUT2D eigenvalue weighted by Crippen LogP contribution is 2.49. The van der Waals surface area contributed by atoms with Gasteiger partial charge < -0.3 is 27.0 Å². The summed E-state index contributed by atoms with van der Waals surface area (Å²) in [4.78, 5) is 61.6. The molecular formula is C15H18N4O7S. The Bertz CT molecular complexity index is 797. The predicted molar refractivity (Wildman–Crippen MR) is 91.0 cm³/mol. The average molecular weight is 398 g/mol. The van der Waals surface area contributed by atoms with Crippen LogP contribution in [0, 0.1) is 0 Å². The van der Waals surface area contributed by atoms with Crippen LogP contribution in [0.3, 0.4) is 0 Å². The van der Waals surface area contributed by atoms with Crippen LogP contribution in [-0.2, 0) is 23.9 Å². The topological polar surface area (TPSA) is 196 Å². The van der Waals surface area contributed by atoms with Gasteiger partial charge in [0.15, 0.2) is 11.3 Å². The number of hydrogen-bond donors (Lipinski definition) is 4. The van der Waals surface area contributed by atoms with Crippen molar-refractivity contribution in [1.82, 2.24) is 4.90 Å². The molecule has 0 radical (unpaired) electrons.